The van der Waals surface area contributed by atoms with Crippen molar-refractivity contribution in [2.45, 2.75) is 6.42 Å². The number of rotatable bonds is 4. The molecule has 25 heavy (non-hydrogen) atoms. The second-order valence-corrected chi connectivity index (χ2v) is 5.90. The van der Waals surface area contributed by atoms with E-state index in [1.807, 2.05) is 48.5 Å². The molecule has 122 valence electrons. The maximum absolute atomic E-state index is 8.94. The van der Waals surface area contributed by atoms with Gasteiger partial charge in [0.25, 0.3) is 0 Å². The predicted molar refractivity (Wildman–Crippen MR) is 104 cm³/mol. The molecular formula is C20H16N4S. The van der Waals surface area contributed by atoms with Crippen molar-refractivity contribution >= 4 is 28.8 Å². The largest absolute Gasteiger partial charge is 0.376 e. The Labute approximate surface area is 152 Å². The highest BCUT2D eigenvalue weighted by atomic mass is 32.1. The van der Waals surface area contributed by atoms with E-state index >= 15 is 0 Å². The Hall–Kier alpha value is -3.23. The molecule has 0 saturated carbocycles. The number of nitrogens with zero attached hydrogens (tertiary/aromatic N) is 3. The van der Waals surface area contributed by atoms with E-state index in [0.717, 1.165) is 17.8 Å². The number of hydrogen-bond acceptors (Lipinski definition) is 3. The molecule has 1 aromatic heterocycles. The van der Waals surface area contributed by atoms with Crippen LogP contribution in [0.5, 0.6) is 0 Å². The van der Waals surface area contributed by atoms with Crippen LogP contribution in [0.15, 0.2) is 72.8 Å². The molecule has 0 aliphatic heterocycles. The van der Waals surface area contributed by atoms with Crippen molar-refractivity contribution < 1.29 is 0 Å². The first-order chi connectivity index (χ1) is 12.2. The summed E-state index contributed by atoms with van der Waals surface area (Å²) in [6.07, 6.45) is 0.729. The van der Waals surface area contributed by atoms with Crippen LogP contribution >= 0.6 is 12.2 Å². The Balaban J connectivity index is 1.93. The van der Waals surface area contributed by atoms with Crippen molar-refractivity contribution in [1.29, 1.82) is 5.26 Å². The van der Waals surface area contributed by atoms with Crippen LogP contribution in [0.3, 0.4) is 0 Å². The third-order valence-electron chi connectivity index (χ3n) is 3.72. The van der Waals surface area contributed by atoms with Crippen molar-refractivity contribution in [2.75, 3.05) is 4.90 Å². The highest BCUT2D eigenvalue weighted by molar-refractivity contribution is 7.80. The SMILES string of the molecule is N#Cc1ccc(N(C(N)=S)c2cccc(Cc3ccccc3)n2)cc1. The summed E-state index contributed by atoms with van der Waals surface area (Å²) in [6.45, 7) is 0. The highest BCUT2D eigenvalue weighted by Crippen LogP contribution is 2.24. The van der Waals surface area contributed by atoms with Gasteiger partial charge in [-0.05, 0) is 54.2 Å². The molecule has 0 aliphatic carbocycles. The number of aromatic nitrogens is 1. The van der Waals surface area contributed by atoms with Gasteiger partial charge in [-0.15, -0.1) is 0 Å². The Morgan fingerprint density at radius 3 is 2.36 bits per heavy atom. The Morgan fingerprint density at radius 1 is 1.00 bits per heavy atom. The van der Waals surface area contributed by atoms with E-state index in [-0.39, 0.29) is 5.11 Å². The minimum Gasteiger partial charge on any atom is -0.376 e. The molecular weight excluding hydrogens is 328 g/mol. The molecule has 0 fully saturated rings. The number of anilines is 2. The van der Waals surface area contributed by atoms with Crippen LogP contribution in [0, 0.1) is 11.3 Å². The zero-order valence-corrected chi connectivity index (χ0v) is 14.3. The maximum Gasteiger partial charge on any atom is 0.176 e. The van der Waals surface area contributed by atoms with E-state index in [2.05, 4.69) is 18.2 Å². The quantitative estimate of drug-likeness (QED) is 0.727. The first-order valence-electron chi connectivity index (χ1n) is 7.77. The average molecular weight is 344 g/mol. The molecule has 0 saturated heterocycles. The number of nitriles is 1. The molecule has 2 N–H and O–H groups in total. The van der Waals surface area contributed by atoms with E-state index in [0.29, 0.717) is 11.4 Å². The lowest BCUT2D eigenvalue weighted by Gasteiger charge is -2.22. The fraction of sp³-hybridized carbons (Fsp3) is 0.0500. The number of pyridine rings is 1. The molecule has 4 nitrogen and oxygen atoms in total. The number of benzene rings is 2. The lowest BCUT2D eigenvalue weighted by molar-refractivity contribution is 1.06. The Kier molecular flexibility index (Phi) is 5.03. The molecule has 1 heterocycles. The molecule has 5 heteroatoms. The van der Waals surface area contributed by atoms with Gasteiger partial charge in [0.1, 0.15) is 5.82 Å². The average Bonchev–Trinajstić information content (AvgIpc) is 2.63. The molecule has 0 bridgehead atoms. The van der Waals surface area contributed by atoms with Crippen LogP contribution < -0.4 is 10.6 Å². The summed E-state index contributed by atoms with van der Waals surface area (Å²) < 4.78 is 0. The molecule has 0 unspecified atom stereocenters. The summed E-state index contributed by atoms with van der Waals surface area (Å²) in [4.78, 5) is 6.40. The van der Waals surface area contributed by atoms with E-state index in [9.17, 15) is 0 Å². The van der Waals surface area contributed by atoms with E-state index in [1.165, 1.54) is 5.56 Å². The third-order valence-corrected chi connectivity index (χ3v) is 3.91. The van der Waals surface area contributed by atoms with Gasteiger partial charge in [-0.25, -0.2) is 4.98 Å². The zero-order valence-electron chi connectivity index (χ0n) is 13.5. The summed E-state index contributed by atoms with van der Waals surface area (Å²) in [5.41, 5.74) is 9.40. The van der Waals surface area contributed by atoms with Crippen molar-refractivity contribution in [2.24, 2.45) is 5.73 Å². The predicted octanol–water partition coefficient (Wildman–Crippen LogP) is 3.93. The zero-order chi connectivity index (χ0) is 17.6. The molecule has 3 rings (SSSR count). The summed E-state index contributed by atoms with van der Waals surface area (Å²) in [7, 11) is 0. The van der Waals surface area contributed by atoms with E-state index in [1.54, 1.807) is 17.0 Å². The fourth-order valence-electron chi connectivity index (χ4n) is 2.55. The topological polar surface area (TPSA) is 65.9 Å². The van der Waals surface area contributed by atoms with Crippen molar-refractivity contribution in [3.05, 3.63) is 89.6 Å². The minimum atomic E-state index is 0.203. The first-order valence-corrected chi connectivity index (χ1v) is 8.18. The molecule has 0 aliphatic rings. The van der Waals surface area contributed by atoms with E-state index < -0.39 is 0 Å². The van der Waals surface area contributed by atoms with Crippen LogP contribution in [-0.2, 0) is 6.42 Å². The summed E-state index contributed by atoms with van der Waals surface area (Å²) >= 11 is 5.21. The molecule has 0 amide bonds. The normalized spacial score (nSPS) is 10.0. The van der Waals surface area contributed by atoms with Gasteiger partial charge >= 0.3 is 0 Å². The van der Waals surface area contributed by atoms with Crippen molar-refractivity contribution in [3.63, 3.8) is 0 Å². The van der Waals surface area contributed by atoms with Crippen LogP contribution in [0.2, 0.25) is 0 Å². The monoisotopic (exact) mass is 344 g/mol. The van der Waals surface area contributed by atoms with Crippen molar-refractivity contribution in [3.8, 4) is 6.07 Å². The van der Waals surface area contributed by atoms with Gasteiger partial charge in [0.05, 0.1) is 11.6 Å². The third kappa shape index (κ3) is 4.00. The van der Waals surface area contributed by atoms with Crippen LogP contribution in [0.4, 0.5) is 11.5 Å². The van der Waals surface area contributed by atoms with Crippen molar-refractivity contribution in [1.82, 2.24) is 4.98 Å². The van der Waals surface area contributed by atoms with Gasteiger partial charge in [-0.1, -0.05) is 36.4 Å². The van der Waals surface area contributed by atoms with E-state index in [4.69, 9.17) is 28.2 Å². The van der Waals surface area contributed by atoms with Gasteiger partial charge < -0.3 is 5.73 Å². The standard InChI is InChI=1S/C20H16N4S/c21-14-16-9-11-18(12-10-16)24(20(22)25)19-8-4-7-17(23-19)13-15-5-2-1-3-6-15/h1-12H,13H2,(H2,22,25). The van der Waals surface area contributed by atoms with Gasteiger partial charge in [0, 0.05) is 17.8 Å². The first kappa shape index (κ1) is 16.6. The number of thiocarbonyl (C=S) groups is 1. The Bertz CT molecular complexity index is 914. The molecule has 0 radical (unpaired) electrons. The lowest BCUT2D eigenvalue weighted by atomic mass is 10.1. The second-order valence-electron chi connectivity index (χ2n) is 5.48. The number of nitrogens with two attached hydrogens (primary N) is 1. The van der Waals surface area contributed by atoms with Crippen LogP contribution in [0.25, 0.3) is 0 Å². The molecule has 0 spiro atoms. The van der Waals surface area contributed by atoms with Gasteiger partial charge in [-0.2, -0.15) is 5.26 Å². The Morgan fingerprint density at radius 2 is 1.72 bits per heavy atom. The highest BCUT2D eigenvalue weighted by Gasteiger charge is 2.14. The minimum absolute atomic E-state index is 0.203. The molecule has 2 aromatic carbocycles. The summed E-state index contributed by atoms with van der Waals surface area (Å²) in [6, 6.07) is 25.1. The van der Waals surface area contributed by atoms with Gasteiger partial charge in [-0.3, -0.25) is 4.90 Å². The summed E-state index contributed by atoms with van der Waals surface area (Å²) in [5, 5.41) is 9.15. The van der Waals surface area contributed by atoms with Gasteiger partial charge in [0.2, 0.25) is 0 Å². The molecule has 3 aromatic rings. The molecule has 0 atom stereocenters. The second kappa shape index (κ2) is 7.56. The summed E-state index contributed by atoms with van der Waals surface area (Å²) in [5.74, 6) is 0.658. The van der Waals surface area contributed by atoms with Crippen LogP contribution in [0.1, 0.15) is 16.8 Å². The lowest BCUT2D eigenvalue weighted by Crippen LogP contribution is -2.32. The van der Waals surface area contributed by atoms with Crippen LogP contribution in [-0.4, -0.2) is 10.1 Å². The fourth-order valence-corrected chi connectivity index (χ4v) is 2.75. The smallest absolute Gasteiger partial charge is 0.176 e. The number of hydrogen-bond donors (Lipinski definition) is 1. The van der Waals surface area contributed by atoms with Gasteiger partial charge in [0.15, 0.2) is 5.11 Å². The maximum atomic E-state index is 8.94.